The number of methoxy groups -OCH3 is 3. The summed E-state index contributed by atoms with van der Waals surface area (Å²) >= 11 is 0. The van der Waals surface area contributed by atoms with Crippen LogP contribution in [0.5, 0.6) is 23.0 Å². The van der Waals surface area contributed by atoms with Crippen molar-refractivity contribution in [3.8, 4) is 23.0 Å². The second-order valence-corrected chi connectivity index (χ2v) is 9.13. The highest BCUT2D eigenvalue weighted by molar-refractivity contribution is 5.81. The summed E-state index contributed by atoms with van der Waals surface area (Å²) < 4.78 is 23.5. The van der Waals surface area contributed by atoms with Gasteiger partial charge in [0.25, 0.3) is 5.56 Å². The summed E-state index contributed by atoms with van der Waals surface area (Å²) in [5, 5.41) is 0.398. The first kappa shape index (κ1) is 23.3. The molecule has 5 rings (SSSR count). The number of hydrogen-bond acceptors (Lipinski definition) is 7. The van der Waals surface area contributed by atoms with Gasteiger partial charge in [0.05, 0.1) is 38.8 Å². The van der Waals surface area contributed by atoms with Crippen LogP contribution in [0.25, 0.3) is 10.9 Å². The van der Waals surface area contributed by atoms with E-state index < -0.39 is 5.69 Å². The number of rotatable bonds is 7. The van der Waals surface area contributed by atoms with Crippen molar-refractivity contribution in [3.05, 3.63) is 56.7 Å². The Hall–Kier alpha value is -3.46. The zero-order valence-corrected chi connectivity index (χ0v) is 20.3. The Balaban J connectivity index is 1.27. The van der Waals surface area contributed by atoms with Crippen molar-refractivity contribution in [2.45, 2.75) is 25.3 Å². The minimum Gasteiger partial charge on any atom is -0.496 e. The summed E-state index contributed by atoms with van der Waals surface area (Å²) in [6, 6.07) is 9.22. The van der Waals surface area contributed by atoms with E-state index in [-0.39, 0.29) is 5.56 Å². The molecule has 1 saturated heterocycles. The van der Waals surface area contributed by atoms with Gasteiger partial charge in [0.2, 0.25) is 0 Å². The first-order valence-corrected chi connectivity index (χ1v) is 11.9. The molecule has 2 aliphatic rings. The second-order valence-electron chi connectivity index (χ2n) is 9.13. The molecule has 1 N–H and O–H groups in total. The number of nitrogens with zero attached hydrogens (tertiary/aromatic N) is 2. The molecule has 3 aromatic rings. The van der Waals surface area contributed by atoms with Crippen molar-refractivity contribution in [2.75, 3.05) is 47.6 Å². The van der Waals surface area contributed by atoms with Crippen molar-refractivity contribution in [1.29, 1.82) is 0 Å². The van der Waals surface area contributed by atoms with Crippen LogP contribution in [-0.2, 0) is 6.54 Å². The molecular weight excluding hydrogens is 450 g/mol. The third kappa shape index (κ3) is 4.25. The Morgan fingerprint density at radius 1 is 1.03 bits per heavy atom. The molecule has 0 amide bonds. The Labute approximate surface area is 203 Å². The van der Waals surface area contributed by atoms with Crippen molar-refractivity contribution < 1.29 is 18.9 Å². The Morgan fingerprint density at radius 3 is 2.57 bits per heavy atom. The molecule has 2 aromatic carbocycles. The maximum absolute atomic E-state index is 13.1. The Bertz CT molecular complexity index is 1330. The highest BCUT2D eigenvalue weighted by Gasteiger charge is 2.37. The summed E-state index contributed by atoms with van der Waals surface area (Å²) in [5.74, 6) is 3.55. The van der Waals surface area contributed by atoms with Gasteiger partial charge in [-0.05, 0) is 50.0 Å². The summed E-state index contributed by atoms with van der Waals surface area (Å²) in [4.78, 5) is 30.9. The number of hydrogen-bond donors (Lipinski definition) is 1. The number of nitrogens with one attached hydrogen (secondary N) is 1. The lowest BCUT2D eigenvalue weighted by atomic mass is 9.78. The smallest absolute Gasteiger partial charge is 0.328 e. The highest BCUT2D eigenvalue weighted by Crippen LogP contribution is 2.46. The average Bonchev–Trinajstić information content (AvgIpc) is 2.89. The molecule has 2 aliphatic heterocycles. The van der Waals surface area contributed by atoms with Gasteiger partial charge in [-0.2, -0.15) is 0 Å². The van der Waals surface area contributed by atoms with Gasteiger partial charge < -0.3 is 28.8 Å². The van der Waals surface area contributed by atoms with E-state index in [1.807, 2.05) is 18.2 Å². The Morgan fingerprint density at radius 2 is 1.80 bits per heavy atom. The third-order valence-corrected chi connectivity index (χ3v) is 7.23. The SMILES string of the molecule is COc1cc2[nH]c(=O)n(CCCN3CC[C@@H]4c5c(OC)cccc5OC[C@H]4C3)c(=O)c2cc1OC. The van der Waals surface area contributed by atoms with E-state index in [0.29, 0.717) is 53.8 Å². The molecule has 0 radical (unpaired) electrons. The molecule has 0 bridgehead atoms. The zero-order chi connectivity index (χ0) is 24.5. The first-order chi connectivity index (χ1) is 17.0. The topological polar surface area (TPSA) is 95.0 Å². The van der Waals surface area contributed by atoms with E-state index >= 15 is 0 Å². The van der Waals surface area contributed by atoms with Gasteiger partial charge in [-0.25, -0.2) is 4.79 Å². The van der Waals surface area contributed by atoms with Crippen LogP contribution in [-0.4, -0.2) is 62.0 Å². The van der Waals surface area contributed by atoms with Gasteiger partial charge in [-0.1, -0.05) is 6.07 Å². The van der Waals surface area contributed by atoms with Gasteiger partial charge in [-0.3, -0.25) is 9.36 Å². The normalized spacial score (nSPS) is 19.5. The lowest BCUT2D eigenvalue weighted by Crippen LogP contribution is -2.44. The van der Waals surface area contributed by atoms with Gasteiger partial charge in [0, 0.05) is 30.6 Å². The maximum Gasteiger partial charge on any atom is 0.328 e. The summed E-state index contributed by atoms with van der Waals surface area (Å²) in [5.41, 5.74) is 0.877. The molecule has 0 aliphatic carbocycles. The molecule has 0 spiro atoms. The van der Waals surface area contributed by atoms with Crippen molar-refractivity contribution in [3.63, 3.8) is 0 Å². The van der Waals surface area contributed by atoms with E-state index in [2.05, 4.69) is 9.88 Å². The molecule has 186 valence electrons. The van der Waals surface area contributed by atoms with Crippen LogP contribution in [0.2, 0.25) is 0 Å². The quantitative estimate of drug-likeness (QED) is 0.554. The molecule has 3 heterocycles. The molecule has 2 atom stereocenters. The largest absolute Gasteiger partial charge is 0.496 e. The predicted octanol–water partition coefficient (Wildman–Crippen LogP) is 2.60. The number of benzene rings is 2. The van der Waals surface area contributed by atoms with Crippen LogP contribution in [0, 0.1) is 5.92 Å². The lowest BCUT2D eigenvalue weighted by molar-refractivity contribution is 0.0899. The molecule has 35 heavy (non-hydrogen) atoms. The van der Waals surface area contributed by atoms with E-state index in [0.717, 1.165) is 37.6 Å². The Kier molecular flexibility index (Phi) is 6.42. The maximum atomic E-state index is 13.1. The fourth-order valence-corrected chi connectivity index (χ4v) is 5.48. The van der Waals surface area contributed by atoms with Crippen LogP contribution in [0.15, 0.2) is 39.9 Å². The van der Waals surface area contributed by atoms with Gasteiger partial charge >= 0.3 is 5.69 Å². The molecule has 0 saturated carbocycles. The van der Waals surface area contributed by atoms with Gasteiger partial charge in [-0.15, -0.1) is 0 Å². The number of fused-ring (bicyclic) bond motifs is 4. The molecule has 1 aromatic heterocycles. The highest BCUT2D eigenvalue weighted by atomic mass is 16.5. The number of H-pyrrole nitrogens is 1. The standard InChI is InChI=1S/C26H31N3O6/c1-32-20-6-4-7-21-24(20)17-8-11-28(14-16(17)15-35-21)9-5-10-29-25(30)18-12-22(33-2)23(34-3)13-19(18)27-26(29)31/h4,6-7,12-13,16-17H,5,8-11,14-15H2,1-3H3,(H,27,31)/t16-,17+/m1/s1. The van der Waals surface area contributed by atoms with E-state index in [1.54, 1.807) is 19.2 Å². The van der Waals surface area contributed by atoms with Crippen molar-refractivity contribution >= 4 is 10.9 Å². The molecule has 9 heteroatoms. The number of likely N-dealkylation sites (tertiary alicyclic amines) is 1. The van der Waals surface area contributed by atoms with E-state index in [4.69, 9.17) is 18.9 Å². The fourth-order valence-electron chi connectivity index (χ4n) is 5.48. The number of aromatic nitrogens is 2. The summed E-state index contributed by atoms with van der Waals surface area (Å²) in [6.07, 6.45) is 1.72. The second kappa shape index (κ2) is 9.65. The number of aromatic amines is 1. The van der Waals surface area contributed by atoms with Gasteiger partial charge in [0.15, 0.2) is 11.5 Å². The average molecular weight is 482 g/mol. The van der Waals surface area contributed by atoms with Crippen LogP contribution in [0.3, 0.4) is 0 Å². The predicted molar refractivity (Wildman–Crippen MR) is 132 cm³/mol. The number of ether oxygens (including phenoxy) is 4. The molecule has 1 fully saturated rings. The van der Waals surface area contributed by atoms with Gasteiger partial charge in [0.1, 0.15) is 11.5 Å². The minimum atomic E-state index is -0.419. The van der Waals surface area contributed by atoms with Crippen molar-refractivity contribution in [1.82, 2.24) is 14.5 Å². The third-order valence-electron chi connectivity index (χ3n) is 7.23. The lowest BCUT2D eigenvalue weighted by Gasteiger charge is -2.42. The van der Waals surface area contributed by atoms with E-state index in [9.17, 15) is 9.59 Å². The molecule has 0 unspecified atom stereocenters. The summed E-state index contributed by atoms with van der Waals surface area (Å²) in [6.45, 7) is 3.71. The summed E-state index contributed by atoms with van der Waals surface area (Å²) in [7, 11) is 4.74. The van der Waals surface area contributed by atoms with E-state index in [1.165, 1.54) is 24.4 Å². The molecule has 9 nitrogen and oxygen atoms in total. The first-order valence-electron chi connectivity index (χ1n) is 11.9. The fraction of sp³-hybridized carbons (Fsp3) is 0.462. The van der Waals surface area contributed by atoms with Crippen molar-refractivity contribution in [2.24, 2.45) is 5.92 Å². The van der Waals surface area contributed by atoms with Crippen LogP contribution in [0.4, 0.5) is 0 Å². The van der Waals surface area contributed by atoms with Crippen LogP contribution < -0.4 is 30.2 Å². The molecular formula is C26H31N3O6. The minimum absolute atomic E-state index is 0.326. The van der Waals surface area contributed by atoms with Crippen LogP contribution >= 0.6 is 0 Å². The zero-order valence-electron chi connectivity index (χ0n) is 20.3. The van der Waals surface area contributed by atoms with Crippen LogP contribution in [0.1, 0.15) is 24.3 Å². The number of piperidine rings is 1. The monoisotopic (exact) mass is 481 g/mol.